The Morgan fingerprint density at radius 1 is 1.52 bits per heavy atom. The molecule has 1 aliphatic heterocycles. The van der Waals surface area contributed by atoms with Crippen molar-refractivity contribution in [3.63, 3.8) is 0 Å². The van der Waals surface area contributed by atoms with Gasteiger partial charge in [0.1, 0.15) is 10.7 Å². The molecule has 1 aromatic heterocycles. The minimum atomic E-state index is -3.60. The molecule has 1 aliphatic rings. The second-order valence-electron chi connectivity index (χ2n) is 5.15. The monoisotopic (exact) mass is 333 g/mol. The second kappa shape index (κ2) is 6.48. The molecule has 1 aromatic rings. The number of rotatable bonds is 4. The van der Waals surface area contributed by atoms with E-state index in [0.717, 1.165) is 6.42 Å². The molecule has 2 atom stereocenters. The van der Waals surface area contributed by atoms with Crippen LogP contribution in [0.3, 0.4) is 0 Å². The van der Waals surface area contributed by atoms with Crippen LogP contribution in [0.4, 0.5) is 5.82 Å². The summed E-state index contributed by atoms with van der Waals surface area (Å²) >= 11 is 6.02. The average Bonchev–Trinajstić information content (AvgIpc) is 2.47. The van der Waals surface area contributed by atoms with Gasteiger partial charge >= 0.3 is 0 Å². The van der Waals surface area contributed by atoms with E-state index in [0.29, 0.717) is 24.8 Å². The molecule has 1 N–H and O–H groups in total. The normalized spacial score (nSPS) is 24.0. The number of piperidine rings is 1. The van der Waals surface area contributed by atoms with Crippen molar-refractivity contribution in [3.05, 3.63) is 17.3 Å². The Morgan fingerprint density at radius 3 is 2.81 bits per heavy atom. The Balaban J connectivity index is 2.27. The molecule has 0 aromatic carbocycles. The van der Waals surface area contributed by atoms with Crippen LogP contribution in [0.2, 0.25) is 5.02 Å². The van der Waals surface area contributed by atoms with Gasteiger partial charge in [-0.1, -0.05) is 18.5 Å². The van der Waals surface area contributed by atoms with Crippen molar-refractivity contribution >= 4 is 27.4 Å². The fourth-order valence-electron chi connectivity index (χ4n) is 2.43. The predicted molar refractivity (Wildman–Crippen MR) is 82.1 cm³/mol. The van der Waals surface area contributed by atoms with Gasteiger partial charge in [0.05, 0.1) is 11.1 Å². The van der Waals surface area contributed by atoms with Gasteiger partial charge in [0.2, 0.25) is 10.0 Å². The van der Waals surface area contributed by atoms with Crippen LogP contribution in [0.1, 0.15) is 13.3 Å². The van der Waals surface area contributed by atoms with E-state index < -0.39 is 10.0 Å². The zero-order valence-electron chi connectivity index (χ0n) is 12.3. The molecule has 1 saturated heterocycles. The van der Waals surface area contributed by atoms with Crippen molar-refractivity contribution in [2.75, 3.05) is 32.6 Å². The molecule has 1 fully saturated rings. The van der Waals surface area contributed by atoms with Crippen LogP contribution in [0.5, 0.6) is 0 Å². The fraction of sp³-hybridized carbons (Fsp3) is 0.615. The van der Waals surface area contributed by atoms with Crippen molar-refractivity contribution in [2.45, 2.75) is 24.3 Å². The maximum absolute atomic E-state index is 12.7. The molecule has 8 heteroatoms. The highest BCUT2D eigenvalue weighted by Gasteiger charge is 2.34. The molecular weight excluding hydrogens is 314 g/mol. The van der Waals surface area contributed by atoms with Crippen LogP contribution in [-0.4, -0.2) is 51.1 Å². The zero-order chi connectivity index (χ0) is 15.6. The highest BCUT2D eigenvalue weighted by molar-refractivity contribution is 7.89. The SMILES string of the molecule is CNc1ncc(S(=O)(=O)N2CCC(C)C(OC)C2)cc1Cl. The van der Waals surface area contributed by atoms with E-state index >= 15 is 0 Å². The first-order valence-corrected chi connectivity index (χ1v) is 8.58. The summed E-state index contributed by atoms with van der Waals surface area (Å²) in [7, 11) is -0.311. The van der Waals surface area contributed by atoms with Crippen LogP contribution in [-0.2, 0) is 14.8 Å². The molecule has 0 radical (unpaired) electrons. The maximum Gasteiger partial charge on any atom is 0.244 e. The molecule has 6 nitrogen and oxygen atoms in total. The summed E-state index contributed by atoms with van der Waals surface area (Å²) in [6.45, 7) is 2.90. The third-order valence-corrected chi connectivity index (χ3v) is 5.96. The first-order valence-electron chi connectivity index (χ1n) is 6.76. The lowest BCUT2D eigenvalue weighted by Gasteiger charge is -2.35. The summed E-state index contributed by atoms with van der Waals surface area (Å²) in [6.07, 6.45) is 2.01. The van der Waals surface area contributed by atoms with Gasteiger partial charge in [-0.2, -0.15) is 4.31 Å². The Bertz CT molecular complexity index is 609. The van der Waals surface area contributed by atoms with E-state index in [1.54, 1.807) is 14.2 Å². The lowest BCUT2D eigenvalue weighted by molar-refractivity contribution is 0.0184. The van der Waals surface area contributed by atoms with E-state index in [2.05, 4.69) is 17.2 Å². The smallest absolute Gasteiger partial charge is 0.244 e. The Kier molecular flexibility index (Phi) is 5.08. The van der Waals surface area contributed by atoms with Crippen molar-refractivity contribution in [1.29, 1.82) is 0 Å². The third kappa shape index (κ3) is 3.31. The summed E-state index contributed by atoms with van der Waals surface area (Å²) in [5, 5.41) is 3.09. The number of aromatic nitrogens is 1. The molecule has 0 amide bonds. The number of nitrogens with zero attached hydrogens (tertiary/aromatic N) is 2. The molecule has 0 spiro atoms. The Hall–Kier alpha value is -0.890. The van der Waals surface area contributed by atoms with Gasteiger partial charge in [-0.25, -0.2) is 13.4 Å². The molecule has 21 heavy (non-hydrogen) atoms. The van der Waals surface area contributed by atoms with Crippen LogP contribution < -0.4 is 5.32 Å². The lowest BCUT2D eigenvalue weighted by Crippen LogP contribution is -2.46. The van der Waals surface area contributed by atoms with Gasteiger partial charge in [0.25, 0.3) is 0 Å². The number of pyridine rings is 1. The molecule has 0 saturated carbocycles. The summed E-state index contributed by atoms with van der Waals surface area (Å²) in [5.74, 6) is 0.799. The number of methoxy groups -OCH3 is 1. The number of nitrogens with one attached hydrogen (secondary N) is 1. The zero-order valence-corrected chi connectivity index (χ0v) is 13.9. The maximum atomic E-state index is 12.7. The van der Waals surface area contributed by atoms with Gasteiger partial charge in [-0.05, 0) is 18.4 Å². The van der Waals surface area contributed by atoms with Gasteiger partial charge in [0, 0.05) is 33.4 Å². The quantitative estimate of drug-likeness (QED) is 0.910. The minimum absolute atomic E-state index is 0.0893. The van der Waals surface area contributed by atoms with Gasteiger partial charge in [-0.15, -0.1) is 0 Å². The standard InChI is InChI=1S/C13H20ClN3O3S/c1-9-4-5-17(8-12(9)20-3)21(18,19)10-6-11(14)13(15-2)16-7-10/h6-7,9,12H,4-5,8H2,1-3H3,(H,15,16). The van der Waals surface area contributed by atoms with E-state index in [4.69, 9.17) is 16.3 Å². The average molecular weight is 334 g/mol. The van der Waals surface area contributed by atoms with E-state index in [1.165, 1.54) is 16.6 Å². The highest BCUT2D eigenvalue weighted by atomic mass is 35.5. The molecular formula is C13H20ClN3O3S. The van der Waals surface area contributed by atoms with Crippen molar-refractivity contribution in [3.8, 4) is 0 Å². The highest BCUT2D eigenvalue weighted by Crippen LogP contribution is 2.28. The first-order chi connectivity index (χ1) is 9.90. The molecule has 2 heterocycles. The number of ether oxygens (including phenoxy) is 1. The van der Waals surface area contributed by atoms with Gasteiger partial charge in [0.15, 0.2) is 0 Å². The largest absolute Gasteiger partial charge is 0.380 e. The van der Waals surface area contributed by atoms with Crippen LogP contribution in [0.25, 0.3) is 0 Å². The Labute approximate surface area is 130 Å². The van der Waals surface area contributed by atoms with E-state index in [-0.39, 0.29) is 16.0 Å². The van der Waals surface area contributed by atoms with Crippen molar-refractivity contribution in [1.82, 2.24) is 9.29 Å². The first kappa shape index (κ1) is 16.5. The Morgan fingerprint density at radius 2 is 2.24 bits per heavy atom. The number of sulfonamides is 1. The molecule has 0 aliphatic carbocycles. The molecule has 2 unspecified atom stereocenters. The van der Waals surface area contributed by atoms with Crippen LogP contribution in [0.15, 0.2) is 17.2 Å². The van der Waals surface area contributed by atoms with Gasteiger partial charge < -0.3 is 10.1 Å². The minimum Gasteiger partial charge on any atom is -0.380 e. The molecule has 0 bridgehead atoms. The number of halogens is 1. The topological polar surface area (TPSA) is 71.5 Å². The predicted octanol–water partition coefficient (Wildman–Crippen LogP) is 1.82. The van der Waals surface area contributed by atoms with Crippen LogP contribution in [0, 0.1) is 5.92 Å². The van der Waals surface area contributed by atoms with Crippen molar-refractivity contribution < 1.29 is 13.2 Å². The molecule has 118 valence electrons. The van der Waals surface area contributed by atoms with Crippen molar-refractivity contribution in [2.24, 2.45) is 5.92 Å². The fourth-order valence-corrected chi connectivity index (χ4v) is 4.19. The van der Waals surface area contributed by atoms with Gasteiger partial charge in [-0.3, -0.25) is 0 Å². The summed E-state index contributed by atoms with van der Waals surface area (Å²) in [6, 6.07) is 1.43. The molecule has 2 rings (SSSR count). The van der Waals surface area contributed by atoms with Crippen LogP contribution >= 0.6 is 11.6 Å². The number of anilines is 1. The lowest BCUT2D eigenvalue weighted by atomic mass is 9.97. The number of hydrogen-bond acceptors (Lipinski definition) is 5. The summed E-state index contributed by atoms with van der Waals surface area (Å²) in [4.78, 5) is 4.14. The third-order valence-electron chi connectivity index (χ3n) is 3.85. The van der Waals surface area contributed by atoms with E-state index in [9.17, 15) is 8.42 Å². The second-order valence-corrected chi connectivity index (χ2v) is 7.50. The number of hydrogen-bond donors (Lipinski definition) is 1. The summed E-state index contributed by atoms with van der Waals surface area (Å²) < 4.78 is 32.1. The summed E-state index contributed by atoms with van der Waals surface area (Å²) in [5.41, 5.74) is 0. The van der Waals surface area contributed by atoms with E-state index in [1.807, 2.05) is 0 Å².